The average Bonchev–Trinajstić information content (AvgIpc) is 2.68. The first-order valence-corrected chi connectivity index (χ1v) is 10.5. The van der Waals surface area contributed by atoms with E-state index in [2.05, 4.69) is 5.32 Å². The first-order valence-electron chi connectivity index (χ1n) is 9.09. The molecule has 2 aliphatic rings. The predicted octanol–water partition coefficient (Wildman–Crippen LogP) is 1.69. The fourth-order valence-corrected chi connectivity index (χ4v) is 5.16. The number of piperidine rings is 2. The van der Waals surface area contributed by atoms with Crippen LogP contribution in [0.3, 0.4) is 0 Å². The summed E-state index contributed by atoms with van der Waals surface area (Å²) in [4.78, 5) is 14.8. The number of hydrogen-bond donors (Lipinski definition) is 1. The fourth-order valence-electron chi connectivity index (χ4n) is 3.60. The number of carbonyl (C=O) groups is 1. The molecule has 0 bridgehead atoms. The lowest BCUT2D eigenvalue weighted by Gasteiger charge is -2.32. The molecule has 1 aromatic rings. The maximum absolute atomic E-state index is 12.8. The Balaban J connectivity index is 1.76. The Morgan fingerprint density at radius 3 is 2.40 bits per heavy atom. The Morgan fingerprint density at radius 1 is 1.08 bits per heavy atom. The molecule has 3 rings (SSSR count). The molecule has 2 fully saturated rings. The van der Waals surface area contributed by atoms with E-state index < -0.39 is 10.0 Å². The molecular weight excluding hydrogens is 338 g/mol. The van der Waals surface area contributed by atoms with Gasteiger partial charge in [0.25, 0.3) is 5.91 Å². The SMILES string of the molecule is CNC1CCN(C(=O)c2cccc(S(=O)(=O)N3CCCCC3)c2)CC1. The summed E-state index contributed by atoms with van der Waals surface area (Å²) >= 11 is 0. The zero-order valence-corrected chi connectivity index (χ0v) is 15.6. The average molecular weight is 365 g/mol. The minimum Gasteiger partial charge on any atom is -0.339 e. The number of sulfonamides is 1. The van der Waals surface area contributed by atoms with Gasteiger partial charge in [0.1, 0.15) is 0 Å². The highest BCUT2D eigenvalue weighted by molar-refractivity contribution is 7.89. The second kappa shape index (κ2) is 7.85. The van der Waals surface area contributed by atoms with E-state index in [1.807, 2.05) is 11.9 Å². The van der Waals surface area contributed by atoms with Gasteiger partial charge in [0.15, 0.2) is 0 Å². The molecule has 7 heteroatoms. The van der Waals surface area contributed by atoms with Crippen LogP contribution in [0.5, 0.6) is 0 Å². The Bertz CT molecular complexity index is 706. The van der Waals surface area contributed by atoms with Crippen LogP contribution in [-0.4, -0.2) is 62.8 Å². The molecule has 1 aromatic carbocycles. The molecule has 0 radical (unpaired) electrons. The number of nitrogens with zero attached hydrogens (tertiary/aromatic N) is 2. The van der Waals surface area contributed by atoms with Crippen LogP contribution in [-0.2, 0) is 10.0 Å². The van der Waals surface area contributed by atoms with Crippen LogP contribution < -0.4 is 5.32 Å². The van der Waals surface area contributed by atoms with E-state index in [4.69, 9.17) is 0 Å². The highest BCUT2D eigenvalue weighted by atomic mass is 32.2. The van der Waals surface area contributed by atoms with E-state index in [1.165, 1.54) is 6.07 Å². The number of rotatable bonds is 4. The first-order chi connectivity index (χ1) is 12.0. The van der Waals surface area contributed by atoms with Crippen molar-refractivity contribution in [3.05, 3.63) is 29.8 Å². The number of benzene rings is 1. The molecule has 0 aromatic heterocycles. The quantitative estimate of drug-likeness (QED) is 0.881. The van der Waals surface area contributed by atoms with E-state index in [0.717, 1.165) is 32.1 Å². The van der Waals surface area contributed by atoms with Gasteiger partial charge >= 0.3 is 0 Å². The topological polar surface area (TPSA) is 69.7 Å². The number of hydrogen-bond acceptors (Lipinski definition) is 4. The van der Waals surface area contributed by atoms with Crippen LogP contribution in [0.2, 0.25) is 0 Å². The Kier molecular flexibility index (Phi) is 5.76. The molecular formula is C18H27N3O3S. The summed E-state index contributed by atoms with van der Waals surface area (Å²) in [7, 11) is -1.57. The number of likely N-dealkylation sites (tertiary alicyclic amines) is 1. The molecule has 0 unspecified atom stereocenters. The molecule has 0 atom stereocenters. The summed E-state index contributed by atoms with van der Waals surface area (Å²) in [6, 6.07) is 6.96. The third-order valence-corrected chi connectivity index (χ3v) is 7.12. The van der Waals surface area contributed by atoms with Crippen molar-refractivity contribution in [1.29, 1.82) is 0 Å². The second-order valence-corrected chi connectivity index (χ2v) is 8.79. The van der Waals surface area contributed by atoms with E-state index in [0.29, 0.717) is 37.8 Å². The van der Waals surface area contributed by atoms with Gasteiger partial charge in [-0.05, 0) is 50.9 Å². The largest absolute Gasteiger partial charge is 0.339 e. The van der Waals surface area contributed by atoms with Crippen molar-refractivity contribution in [3.8, 4) is 0 Å². The number of carbonyl (C=O) groups excluding carboxylic acids is 1. The Morgan fingerprint density at radius 2 is 1.76 bits per heavy atom. The molecule has 1 N–H and O–H groups in total. The summed E-state index contributed by atoms with van der Waals surface area (Å²) in [5.74, 6) is -0.0785. The summed E-state index contributed by atoms with van der Waals surface area (Å²) < 4.78 is 27.2. The van der Waals surface area contributed by atoms with Gasteiger partial charge in [-0.15, -0.1) is 0 Å². The van der Waals surface area contributed by atoms with Crippen molar-refractivity contribution in [2.45, 2.75) is 43.0 Å². The van der Waals surface area contributed by atoms with Gasteiger partial charge in [0.05, 0.1) is 4.90 Å². The highest BCUT2D eigenvalue weighted by Crippen LogP contribution is 2.22. The van der Waals surface area contributed by atoms with Crippen LogP contribution >= 0.6 is 0 Å². The lowest BCUT2D eigenvalue weighted by atomic mass is 10.0. The van der Waals surface area contributed by atoms with Gasteiger partial charge in [-0.25, -0.2) is 8.42 Å². The van der Waals surface area contributed by atoms with Gasteiger partial charge < -0.3 is 10.2 Å². The monoisotopic (exact) mass is 365 g/mol. The standard InChI is InChI=1S/C18H27N3O3S/c1-19-16-8-12-20(13-9-16)18(22)15-6-5-7-17(14-15)25(23,24)21-10-3-2-4-11-21/h5-7,14,16,19H,2-4,8-13H2,1H3. The summed E-state index contributed by atoms with van der Waals surface area (Å²) in [5, 5.41) is 3.25. The van der Waals surface area contributed by atoms with Crippen LogP contribution in [0.15, 0.2) is 29.2 Å². The van der Waals surface area contributed by atoms with Gasteiger partial charge in [-0.2, -0.15) is 4.31 Å². The van der Waals surface area contributed by atoms with Gasteiger partial charge in [-0.1, -0.05) is 12.5 Å². The molecule has 1 amide bonds. The van der Waals surface area contributed by atoms with Gasteiger partial charge in [0.2, 0.25) is 10.0 Å². The van der Waals surface area contributed by atoms with Crippen molar-refractivity contribution < 1.29 is 13.2 Å². The maximum atomic E-state index is 12.8. The summed E-state index contributed by atoms with van der Waals surface area (Å²) in [5.41, 5.74) is 0.459. The molecule has 25 heavy (non-hydrogen) atoms. The second-order valence-electron chi connectivity index (χ2n) is 6.85. The first kappa shape index (κ1) is 18.4. The van der Waals surface area contributed by atoms with Gasteiger partial charge in [0, 0.05) is 37.8 Å². The summed E-state index contributed by atoms with van der Waals surface area (Å²) in [6.45, 7) is 2.54. The normalized spacial score (nSPS) is 20.6. The zero-order valence-electron chi connectivity index (χ0n) is 14.8. The smallest absolute Gasteiger partial charge is 0.253 e. The van der Waals surface area contributed by atoms with Crippen molar-refractivity contribution in [3.63, 3.8) is 0 Å². The fraction of sp³-hybridized carbons (Fsp3) is 0.611. The third-order valence-electron chi connectivity index (χ3n) is 5.22. The van der Waals surface area contributed by atoms with E-state index in [1.54, 1.807) is 22.5 Å². The van der Waals surface area contributed by atoms with Crippen molar-refractivity contribution in [2.24, 2.45) is 0 Å². The molecule has 2 aliphatic heterocycles. The minimum atomic E-state index is -3.51. The predicted molar refractivity (Wildman–Crippen MR) is 97.0 cm³/mol. The molecule has 6 nitrogen and oxygen atoms in total. The highest BCUT2D eigenvalue weighted by Gasteiger charge is 2.28. The van der Waals surface area contributed by atoms with Crippen molar-refractivity contribution in [1.82, 2.24) is 14.5 Å². The molecule has 0 saturated carbocycles. The van der Waals surface area contributed by atoms with Crippen LogP contribution in [0.1, 0.15) is 42.5 Å². The van der Waals surface area contributed by atoms with E-state index >= 15 is 0 Å². The van der Waals surface area contributed by atoms with Crippen molar-refractivity contribution in [2.75, 3.05) is 33.2 Å². The number of nitrogens with one attached hydrogen (secondary N) is 1. The zero-order chi connectivity index (χ0) is 17.9. The molecule has 2 saturated heterocycles. The van der Waals surface area contributed by atoms with Crippen molar-refractivity contribution >= 4 is 15.9 Å². The molecule has 2 heterocycles. The van der Waals surface area contributed by atoms with Crippen LogP contribution in [0, 0.1) is 0 Å². The lowest BCUT2D eigenvalue weighted by Crippen LogP contribution is -2.44. The number of amides is 1. The lowest BCUT2D eigenvalue weighted by molar-refractivity contribution is 0.0707. The van der Waals surface area contributed by atoms with Crippen LogP contribution in [0.25, 0.3) is 0 Å². The Labute approximate surface area is 150 Å². The Hall–Kier alpha value is -1.44. The molecule has 138 valence electrons. The van der Waals surface area contributed by atoms with E-state index in [9.17, 15) is 13.2 Å². The minimum absolute atomic E-state index is 0.0785. The third kappa shape index (κ3) is 4.04. The maximum Gasteiger partial charge on any atom is 0.253 e. The van der Waals surface area contributed by atoms with Gasteiger partial charge in [-0.3, -0.25) is 4.79 Å². The molecule has 0 spiro atoms. The van der Waals surface area contributed by atoms with Crippen LogP contribution in [0.4, 0.5) is 0 Å². The summed E-state index contributed by atoms with van der Waals surface area (Å²) in [6.07, 6.45) is 4.73. The van der Waals surface area contributed by atoms with E-state index in [-0.39, 0.29) is 10.8 Å². The molecule has 0 aliphatic carbocycles.